The van der Waals surface area contributed by atoms with Crippen molar-refractivity contribution in [2.24, 2.45) is 5.73 Å². The minimum atomic E-state index is -0.719. The standard InChI is InChI=1S/C26H27ClF2N8O2S/c1-36-6-2-3-13(36)11-39-26-34-21-15(24(35-26)32-12-9-37(10-12)18(38)8-30)7-16(27)19(20(21)29)14-4-5-17(28)23-22(14)33-25(31)40-23/h4-5,7,12-13H,2-3,6,8-11,30H2,1H3,(H2,31,33)(H,32,34,35)/t13-/m0/s1. The van der Waals surface area contributed by atoms with Crippen LogP contribution in [0.3, 0.4) is 0 Å². The van der Waals surface area contributed by atoms with E-state index in [2.05, 4.69) is 25.2 Å². The topological polar surface area (TPSA) is 136 Å². The van der Waals surface area contributed by atoms with Crippen LogP contribution in [0, 0.1) is 11.6 Å². The fourth-order valence-corrected chi connectivity index (χ4v) is 6.30. The van der Waals surface area contributed by atoms with Gasteiger partial charge >= 0.3 is 6.01 Å². The molecule has 1 atom stereocenters. The molecule has 0 radical (unpaired) electrons. The van der Waals surface area contributed by atoms with E-state index in [4.69, 9.17) is 27.8 Å². The van der Waals surface area contributed by atoms with Gasteiger partial charge in [-0.05, 0) is 44.6 Å². The number of carbonyl (C=O) groups is 1. The molecule has 0 unspecified atom stereocenters. The Morgan fingerprint density at radius 2 is 2.05 bits per heavy atom. The first-order chi connectivity index (χ1) is 19.2. The highest BCUT2D eigenvalue weighted by Gasteiger charge is 2.31. The van der Waals surface area contributed by atoms with Crippen LogP contribution in [-0.2, 0) is 4.79 Å². The third-order valence-corrected chi connectivity index (χ3v) is 8.66. The maximum Gasteiger partial charge on any atom is 0.319 e. The van der Waals surface area contributed by atoms with Crippen LogP contribution in [0.4, 0.5) is 19.7 Å². The maximum atomic E-state index is 16.4. The number of likely N-dealkylation sites (tertiary alicyclic amines) is 2. The fourth-order valence-electron chi connectivity index (χ4n) is 5.25. The van der Waals surface area contributed by atoms with Gasteiger partial charge in [-0.25, -0.2) is 13.8 Å². The number of hydrogen-bond acceptors (Lipinski definition) is 10. The van der Waals surface area contributed by atoms with Crippen molar-refractivity contribution in [2.45, 2.75) is 24.9 Å². The van der Waals surface area contributed by atoms with E-state index in [9.17, 15) is 9.18 Å². The number of halogens is 3. The van der Waals surface area contributed by atoms with Crippen LogP contribution in [0.25, 0.3) is 32.2 Å². The summed E-state index contributed by atoms with van der Waals surface area (Å²) in [5.41, 5.74) is 11.8. The number of thiazole rings is 1. The first kappa shape index (κ1) is 26.8. The lowest BCUT2D eigenvalue weighted by molar-refractivity contribution is -0.133. The summed E-state index contributed by atoms with van der Waals surface area (Å²) in [7, 11) is 2.03. The zero-order valence-electron chi connectivity index (χ0n) is 21.6. The molecule has 10 nitrogen and oxygen atoms in total. The van der Waals surface area contributed by atoms with Gasteiger partial charge in [0.15, 0.2) is 10.9 Å². The van der Waals surface area contributed by atoms with Gasteiger partial charge in [-0.3, -0.25) is 4.79 Å². The number of fused-ring (bicyclic) bond motifs is 2. The molecule has 2 aromatic heterocycles. The number of aromatic nitrogens is 3. The quantitative estimate of drug-likeness (QED) is 0.296. The molecule has 2 aliphatic rings. The number of likely N-dealkylation sites (N-methyl/N-ethyl adjacent to an activating group) is 1. The molecule has 4 heterocycles. The Balaban J connectivity index is 1.43. The van der Waals surface area contributed by atoms with E-state index < -0.39 is 11.6 Å². The molecule has 0 spiro atoms. The Kier molecular flexibility index (Phi) is 7.07. The Morgan fingerprint density at radius 3 is 2.77 bits per heavy atom. The maximum absolute atomic E-state index is 16.4. The molecule has 2 saturated heterocycles. The number of amides is 1. The van der Waals surface area contributed by atoms with Crippen LogP contribution in [0.2, 0.25) is 5.02 Å². The Labute approximate surface area is 237 Å². The molecule has 0 aliphatic carbocycles. The van der Waals surface area contributed by atoms with Gasteiger partial charge in [-0.1, -0.05) is 22.9 Å². The molecular formula is C26H27ClF2N8O2S. The summed E-state index contributed by atoms with van der Waals surface area (Å²) in [6.45, 7) is 2.11. The fraction of sp³-hybridized carbons (Fsp3) is 0.385. The second-order valence-electron chi connectivity index (χ2n) is 10.1. The van der Waals surface area contributed by atoms with Crippen LogP contribution in [0.15, 0.2) is 18.2 Å². The molecule has 2 fully saturated rings. The first-order valence-corrected chi connectivity index (χ1v) is 14.0. The molecule has 40 heavy (non-hydrogen) atoms. The second-order valence-corrected chi connectivity index (χ2v) is 11.5. The number of hydrogen-bond donors (Lipinski definition) is 3. The van der Waals surface area contributed by atoms with Crippen molar-refractivity contribution < 1.29 is 18.3 Å². The van der Waals surface area contributed by atoms with E-state index in [0.29, 0.717) is 36.5 Å². The molecule has 2 aromatic carbocycles. The van der Waals surface area contributed by atoms with Crippen molar-refractivity contribution >= 4 is 60.9 Å². The first-order valence-electron chi connectivity index (χ1n) is 12.9. The number of nitrogens with one attached hydrogen (secondary N) is 1. The summed E-state index contributed by atoms with van der Waals surface area (Å²) in [5, 5.41) is 3.86. The molecule has 2 aliphatic heterocycles. The highest BCUT2D eigenvalue weighted by molar-refractivity contribution is 7.22. The predicted octanol–water partition coefficient (Wildman–Crippen LogP) is 3.47. The monoisotopic (exact) mass is 588 g/mol. The van der Waals surface area contributed by atoms with Gasteiger partial charge in [-0.15, -0.1) is 0 Å². The van der Waals surface area contributed by atoms with Crippen LogP contribution in [0.5, 0.6) is 6.01 Å². The average molecular weight is 589 g/mol. The third kappa shape index (κ3) is 4.76. The van der Waals surface area contributed by atoms with E-state index in [-0.39, 0.29) is 62.0 Å². The highest BCUT2D eigenvalue weighted by atomic mass is 35.5. The van der Waals surface area contributed by atoms with Gasteiger partial charge in [0.25, 0.3) is 0 Å². The summed E-state index contributed by atoms with van der Waals surface area (Å²) in [6, 6.07) is 4.32. The lowest BCUT2D eigenvalue weighted by atomic mass is 10.0. The number of carbonyl (C=O) groups excluding carboxylic acids is 1. The molecule has 4 aromatic rings. The van der Waals surface area contributed by atoms with E-state index in [0.717, 1.165) is 30.7 Å². The number of anilines is 2. The number of nitrogen functional groups attached to an aromatic ring is 1. The van der Waals surface area contributed by atoms with Gasteiger partial charge in [0, 0.05) is 35.6 Å². The number of nitrogens with zero attached hydrogens (tertiary/aromatic N) is 5. The lowest BCUT2D eigenvalue weighted by Crippen LogP contribution is -2.58. The van der Waals surface area contributed by atoms with Crippen LogP contribution < -0.4 is 21.5 Å². The van der Waals surface area contributed by atoms with Gasteiger partial charge in [-0.2, -0.15) is 9.97 Å². The van der Waals surface area contributed by atoms with Gasteiger partial charge in [0.05, 0.1) is 27.8 Å². The van der Waals surface area contributed by atoms with Crippen molar-refractivity contribution in [1.82, 2.24) is 24.8 Å². The summed E-state index contributed by atoms with van der Waals surface area (Å²) >= 11 is 7.63. The second kappa shape index (κ2) is 10.5. The summed E-state index contributed by atoms with van der Waals surface area (Å²) in [4.78, 5) is 28.9. The Hall–Kier alpha value is -3.39. The van der Waals surface area contributed by atoms with Crippen LogP contribution >= 0.6 is 22.9 Å². The normalized spacial score (nSPS) is 18.0. The largest absolute Gasteiger partial charge is 0.462 e. The van der Waals surface area contributed by atoms with Crippen molar-refractivity contribution in [2.75, 3.05) is 50.9 Å². The molecule has 210 valence electrons. The van der Waals surface area contributed by atoms with Gasteiger partial charge < -0.3 is 31.3 Å². The third-order valence-electron chi connectivity index (χ3n) is 7.47. The van der Waals surface area contributed by atoms with Crippen molar-refractivity contribution in [1.29, 1.82) is 0 Å². The van der Waals surface area contributed by atoms with E-state index in [1.165, 1.54) is 12.1 Å². The summed E-state index contributed by atoms with van der Waals surface area (Å²) < 4.78 is 37.0. The van der Waals surface area contributed by atoms with Crippen LogP contribution in [-0.4, -0.2) is 82.6 Å². The molecule has 0 bridgehead atoms. The number of ether oxygens (including phenoxy) is 1. The van der Waals surface area contributed by atoms with Crippen LogP contribution in [0.1, 0.15) is 12.8 Å². The van der Waals surface area contributed by atoms with E-state index >= 15 is 4.39 Å². The minimum absolute atomic E-state index is 0.0124. The molecule has 1 amide bonds. The SMILES string of the molecule is CN1CCC[C@H]1COc1nc(NC2CN(C(=O)CN)C2)c2cc(Cl)c(-c3ccc(F)c4sc(N)nc34)c(F)c2n1. The van der Waals surface area contributed by atoms with Gasteiger partial charge in [0.1, 0.15) is 23.8 Å². The smallest absolute Gasteiger partial charge is 0.319 e. The lowest BCUT2D eigenvalue weighted by Gasteiger charge is -2.39. The average Bonchev–Trinajstić information content (AvgIpc) is 3.51. The Morgan fingerprint density at radius 1 is 1.25 bits per heavy atom. The molecule has 5 N–H and O–H groups in total. The predicted molar refractivity (Wildman–Crippen MR) is 152 cm³/mol. The molecule has 6 rings (SSSR count). The van der Waals surface area contributed by atoms with Crippen molar-refractivity contribution in [3.05, 3.63) is 34.9 Å². The highest BCUT2D eigenvalue weighted by Crippen LogP contribution is 2.42. The van der Waals surface area contributed by atoms with E-state index in [1.54, 1.807) is 11.0 Å². The van der Waals surface area contributed by atoms with Crippen molar-refractivity contribution in [3.8, 4) is 17.1 Å². The Bertz CT molecular complexity index is 1630. The summed E-state index contributed by atoms with van der Waals surface area (Å²) in [6.07, 6.45) is 2.05. The molecular weight excluding hydrogens is 562 g/mol. The summed E-state index contributed by atoms with van der Waals surface area (Å²) in [5.74, 6) is -1.04. The van der Waals surface area contributed by atoms with E-state index in [1.807, 2.05) is 7.05 Å². The number of benzene rings is 2. The number of nitrogens with two attached hydrogens (primary N) is 2. The molecule has 14 heteroatoms. The van der Waals surface area contributed by atoms with Gasteiger partial charge in [0.2, 0.25) is 5.91 Å². The van der Waals surface area contributed by atoms with Crippen molar-refractivity contribution in [3.63, 3.8) is 0 Å². The zero-order valence-corrected chi connectivity index (χ0v) is 23.2. The number of rotatable bonds is 7. The zero-order chi connectivity index (χ0) is 28.1. The minimum Gasteiger partial charge on any atom is -0.462 e. The molecule has 0 saturated carbocycles.